The lowest BCUT2D eigenvalue weighted by molar-refractivity contribution is 0.0696. The largest absolute Gasteiger partial charge is 0.478 e. The third kappa shape index (κ3) is 1.50. The van der Waals surface area contributed by atoms with E-state index in [1.807, 2.05) is 0 Å². The first kappa shape index (κ1) is 9.19. The summed E-state index contributed by atoms with van der Waals surface area (Å²) < 4.78 is 13.6. The van der Waals surface area contributed by atoms with Gasteiger partial charge in [0.15, 0.2) is 0 Å². The van der Waals surface area contributed by atoms with Crippen molar-refractivity contribution in [3.8, 4) is 0 Å². The molecule has 3 heteroatoms. The second-order valence-electron chi connectivity index (χ2n) is 4.06. The summed E-state index contributed by atoms with van der Waals surface area (Å²) in [5.41, 5.74) is 0.788. The first-order valence-corrected chi connectivity index (χ1v) is 4.52. The fourth-order valence-electron chi connectivity index (χ4n) is 1.95. The molecule has 0 spiro atoms. The SMILES string of the molecule is CC1(F)Cc2ccc(C(=O)O)cc2C1. The van der Waals surface area contributed by atoms with E-state index in [9.17, 15) is 9.18 Å². The van der Waals surface area contributed by atoms with Gasteiger partial charge in [-0.15, -0.1) is 0 Å². The molecule has 0 saturated carbocycles. The van der Waals surface area contributed by atoms with Gasteiger partial charge in [-0.25, -0.2) is 9.18 Å². The number of halogens is 1. The Morgan fingerprint density at radius 1 is 1.43 bits per heavy atom. The van der Waals surface area contributed by atoms with Gasteiger partial charge in [0.05, 0.1) is 5.56 Å². The number of carbonyl (C=O) groups is 1. The van der Waals surface area contributed by atoms with Crippen LogP contribution in [0.2, 0.25) is 0 Å². The first-order chi connectivity index (χ1) is 6.48. The van der Waals surface area contributed by atoms with Crippen LogP contribution in [-0.4, -0.2) is 16.7 Å². The number of carboxylic acids is 1. The molecule has 0 aliphatic heterocycles. The summed E-state index contributed by atoms with van der Waals surface area (Å²) in [5.74, 6) is -0.958. The molecule has 2 rings (SSSR count). The van der Waals surface area contributed by atoms with Crippen LogP contribution in [0.25, 0.3) is 0 Å². The lowest BCUT2D eigenvalue weighted by Crippen LogP contribution is -2.16. The smallest absolute Gasteiger partial charge is 0.335 e. The zero-order valence-electron chi connectivity index (χ0n) is 7.88. The van der Waals surface area contributed by atoms with Gasteiger partial charge in [-0.05, 0) is 30.2 Å². The van der Waals surface area contributed by atoms with Crippen molar-refractivity contribution in [3.05, 3.63) is 34.9 Å². The molecule has 1 unspecified atom stereocenters. The molecule has 0 bridgehead atoms. The minimum Gasteiger partial charge on any atom is -0.478 e. The van der Waals surface area contributed by atoms with E-state index in [2.05, 4.69) is 0 Å². The molecule has 0 fully saturated rings. The van der Waals surface area contributed by atoms with Gasteiger partial charge in [-0.1, -0.05) is 6.07 Å². The summed E-state index contributed by atoms with van der Waals surface area (Å²) in [7, 11) is 0. The van der Waals surface area contributed by atoms with Crippen molar-refractivity contribution < 1.29 is 14.3 Å². The number of aromatic carboxylic acids is 1. The summed E-state index contributed by atoms with van der Waals surface area (Å²) in [4.78, 5) is 10.7. The molecule has 2 nitrogen and oxygen atoms in total. The normalized spacial score (nSPS) is 24.7. The maximum Gasteiger partial charge on any atom is 0.335 e. The molecule has 1 aromatic carbocycles. The van der Waals surface area contributed by atoms with Crippen molar-refractivity contribution in [3.63, 3.8) is 0 Å². The van der Waals surface area contributed by atoms with E-state index in [-0.39, 0.29) is 5.56 Å². The van der Waals surface area contributed by atoms with E-state index < -0.39 is 11.6 Å². The highest BCUT2D eigenvalue weighted by Crippen LogP contribution is 2.33. The van der Waals surface area contributed by atoms with Gasteiger partial charge < -0.3 is 5.11 Å². The molecule has 0 aromatic heterocycles. The number of hydrogen-bond donors (Lipinski definition) is 1. The summed E-state index contributed by atoms with van der Waals surface area (Å²) in [5, 5.41) is 8.75. The molecule has 1 atom stereocenters. The van der Waals surface area contributed by atoms with Gasteiger partial charge in [0.2, 0.25) is 0 Å². The van der Waals surface area contributed by atoms with Gasteiger partial charge in [0.1, 0.15) is 5.67 Å². The second kappa shape index (κ2) is 2.80. The molecule has 0 amide bonds. The van der Waals surface area contributed by atoms with Crippen molar-refractivity contribution in [2.24, 2.45) is 0 Å². The minimum atomic E-state index is -1.21. The maximum atomic E-state index is 13.6. The van der Waals surface area contributed by atoms with E-state index in [0.717, 1.165) is 11.1 Å². The number of fused-ring (bicyclic) bond motifs is 1. The van der Waals surface area contributed by atoms with Crippen LogP contribution < -0.4 is 0 Å². The number of alkyl halides is 1. The zero-order chi connectivity index (χ0) is 10.3. The van der Waals surface area contributed by atoms with Gasteiger partial charge in [0, 0.05) is 12.8 Å². The molecule has 1 N–H and O–H groups in total. The van der Waals surface area contributed by atoms with Gasteiger partial charge in [0.25, 0.3) is 0 Å². The molecular formula is C11H11FO2. The van der Waals surface area contributed by atoms with Crippen molar-refractivity contribution in [2.45, 2.75) is 25.4 Å². The highest BCUT2D eigenvalue weighted by atomic mass is 19.1. The summed E-state index contributed by atoms with van der Waals surface area (Å²) >= 11 is 0. The Balaban J connectivity index is 2.40. The van der Waals surface area contributed by atoms with E-state index in [4.69, 9.17) is 5.11 Å². The molecule has 0 radical (unpaired) electrons. The van der Waals surface area contributed by atoms with Gasteiger partial charge in [-0.2, -0.15) is 0 Å². The molecule has 1 aliphatic rings. The summed E-state index contributed by atoms with van der Waals surface area (Å²) in [6.45, 7) is 1.55. The monoisotopic (exact) mass is 194 g/mol. The highest BCUT2D eigenvalue weighted by molar-refractivity contribution is 5.88. The lowest BCUT2D eigenvalue weighted by atomic mass is 10.1. The van der Waals surface area contributed by atoms with Crippen LogP contribution in [0.15, 0.2) is 18.2 Å². The first-order valence-electron chi connectivity index (χ1n) is 4.52. The van der Waals surface area contributed by atoms with E-state index in [0.29, 0.717) is 12.8 Å². The molecule has 0 saturated heterocycles. The van der Waals surface area contributed by atoms with Crippen molar-refractivity contribution >= 4 is 5.97 Å². The van der Waals surface area contributed by atoms with Crippen LogP contribution in [0, 0.1) is 0 Å². The maximum absolute atomic E-state index is 13.6. The van der Waals surface area contributed by atoms with Crippen LogP contribution >= 0.6 is 0 Å². The Labute approximate surface area is 81.4 Å². The average Bonchev–Trinajstić information content (AvgIpc) is 2.36. The third-order valence-corrected chi connectivity index (χ3v) is 2.57. The number of hydrogen-bond acceptors (Lipinski definition) is 1. The van der Waals surface area contributed by atoms with Crippen molar-refractivity contribution in [1.29, 1.82) is 0 Å². The Morgan fingerprint density at radius 2 is 2.07 bits per heavy atom. The lowest BCUT2D eigenvalue weighted by Gasteiger charge is -2.09. The molecule has 0 heterocycles. The predicted octanol–water partition coefficient (Wildman–Crippen LogP) is 2.21. The third-order valence-electron chi connectivity index (χ3n) is 2.57. The summed E-state index contributed by atoms with van der Waals surface area (Å²) in [6, 6.07) is 4.81. The quantitative estimate of drug-likeness (QED) is 0.744. The van der Waals surface area contributed by atoms with Crippen LogP contribution in [0.1, 0.15) is 28.4 Å². The Kier molecular flexibility index (Phi) is 1.84. The minimum absolute atomic E-state index is 0.237. The predicted molar refractivity (Wildman–Crippen MR) is 50.3 cm³/mol. The van der Waals surface area contributed by atoms with Crippen molar-refractivity contribution in [1.82, 2.24) is 0 Å². The van der Waals surface area contributed by atoms with E-state index in [1.54, 1.807) is 19.1 Å². The highest BCUT2D eigenvalue weighted by Gasteiger charge is 2.32. The van der Waals surface area contributed by atoms with Gasteiger partial charge in [-0.3, -0.25) is 0 Å². The topological polar surface area (TPSA) is 37.3 Å². The average molecular weight is 194 g/mol. The molecule has 1 aliphatic carbocycles. The van der Waals surface area contributed by atoms with E-state index >= 15 is 0 Å². The fourth-order valence-corrected chi connectivity index (χ4v) is 1.95. The fraction of sp³-hybridized carbons (Fsp3) is 0.364. The van der Waals surface area contributed by atoms with Gasteiger partial charge >= 0.3 is 5.97 Å². The zero-order valence-corrected chi connectivity index (χ0v) is 7.88. The van der Waals surface area contributed by atoms with Crippen LogP contribution in [-0.2, 0) is 12.8 Å². The van der Waals surface area contributed by atoms with E-state index in [1.165, 1.54) is 6.07 Å². The molecule has 1 aromatic rings. The molecule has 74 valence electrons. The van der Waals surface area contributed by atoms with Crippen LogP contribution in [0.5, 0.6) is 0 Å². The van der Waals surface area contributed by atoms with Crippen LogP contribution in [0.3, 0.4) is 0 Å². The number of rotatable bonds is 1. The Hall–Kier alpha value is -1.38. The molecular weight excluding hydrogens is 183 g/mol. The number of carboxylic acid groups (broad SMARTS) is 1. The van der Waals surface area contributed by atoms with Crippen LogP contribution in [0.4, 0.5) is 4.39 Å². The second-order valence-corrected chi connectivity index (χ2v) is 4.06. The Morgan fingerprint density at radius 3 is 2.71 bits per heavy atom. The number of benzene rings is 1. The Bertz CT molecular complexity index is 396. The summed E-state index contributed by atoms with van der Waals surface area (Å²) in [6.07, 6.45) is 0.714. The standard InChI is InChI=1S/C11H11FO2/c1-11(12)5-8-3-2-7(10(13)14)4-9(8)6-11/h2-4H,5-6H2,1H3,(H,13,14). The molecule has 14 heavy (non-hydrogen) atoms. The van der Waals surface area contributed by atoms with Crippen molar-refractivity contribution in [2.75, 3.05) is 0 Å².